The van der Waals surface area contributed by atoms with Crippen LogP contribution in [-0.4, -0.2) is 28.2 Å². The van der Waals surface area contributed by atoms with E-state index >= 15 is 0 Å². The summed E-state index contributed by atoms with van der Waals surface area (Å²) in [5, 5.41) is 1.27. The van der Waals surface area contributed by atoms with Crippen molar-refractivity contribution < 1.29 is 9.30 Å². The first-order chi connectivity index (χ1) is 17.4. The Balaban J connectivity index is 1.42. The summed E-state index contributed by atoms with van der Waals surface area (Å²) < 4.78 is 10.9. The summed E-state index contributed by atoms with van der Waals surface area (Å²) in [5.41, 5.74) is 5.75. The standard InChI is InChI=1S/C31H35N2OSSe/c1-6-32-26-19-24(34-5)15-16-27(26)35-29(32)14-10-11-22-17-23(21-31(3,4)20-22)18-30-33(7-2)25-12-8-9-13-28(25)36-30/h8-19H,6-7,20-21H2,1-5H3/q+1. The van der Waals surface area contributed by atoms with E-state index in [1.807, 2.05) is 17.8 Å². The number of hydrogen-bond acceptors (Lipinski definition) is 3. The first-order valence-electron chi connectivity index (χ1n) is 12.7. The average molecular weight is 563 g/mol. The van der Waals surface area contributed by atoms with Gasteiger partial charge in [0.1, 0.15) is 5.75 Å². The van der Waals surface area contributed by atoms with Crippen molar-refractivity contribution in [1.29, 1.82) is 0 Å². The summed E-state index contributed by atoms with van der Waals surface area (Å²) in [6.07, 6.45) is 13.9. The minimum atomic E-state index is 0.258. The van der Waals surface area contributed by atoms with E-state index in [-0.39, 0.29) is 5.41 Å². The van der Waals surface area contributed by atoms with Crippen molar-refractivity contribution in [2.75, 3.05) is 18.6 Å². The number of para-hydroxylation sites is 1. The number of anilines is 1. The Morgan fingerprint density at radius 2 is 1.97 bits per heavy atom. The molecule has 5 rings (SSSR count). The van der Waals surface area contributed by atoms with Crippen LogP contribution in [0, 0.1) is 5.41 Å². The molecule has 2 heterocycles. The van der Waals surface area contributed by atoms with Crippen LogP contribution >= 0.6 is 11.8 Å². The number of aromatic nitrogens is 1. The second-order valence-electron chi connectivity index (χ2n) is 10.2. The monoisotopic (exact) mass is 563 g/mol. The SMILES string of the molecule is CCN1C(=CC=CC2=CC(=Cc3[se]c4ccccc4[n+]3CC)CC(C)(C)C2)Sc2ccc(OC)cc21. The summed E-state index contributed by atoms with van der Waals surface area (Å²) >= 11 is 2.21. The molecule has 0 unspecified atom stereocenters. The Bertz CT molecular complexity index is 1410. The van der Waals surface area contributed by atoms with Gasteiger partial charge < -0.3 is 4.74 Å². The Kier molecular flexibility index (Phi) is 7.35. The molecular formula is C31H35N2OSSe+. The molecule has 0 bridgehead atoms. The number of fused-ring (bicyclic) bond motifs is 2. The van der Waals surface area contributed by atoms with Gasteiger partial charge in [-0.1, -0.05) is 0 Å². The van der Waals surface area contributed by atoms with Crippen molar-refractivity contribution in [2.24, 2.45) is 5.41 Å². The zero-order chi connectivity index (χ0) is 25.3. The van der Waals surface area contributed by atoms with Crippen molar-refractivity contribution in [3.63, 3.8) is 0 Å². The molecule has 1 aliphatic heterocycles. The molecule has 0 radical (unpaired) electrons. The van der Waals surface area contributed by atoms with Crippen molar-refractivity contribution in [1.82, 2.24) is 0 Å². The predicted octanol–water partition coefficient (Wildman–Crippen LogP) is 7.37. The van der Waals surface area contributed by atoms with Crippen LogP contribution in [0.1, 0.15) is 45.1 Å². The first kappa shape index (κ1) is 25.2. The quantitative estimate of drug-likeness (QED) is 0.231. The van der Waals surface area contributed by atoms with Gasteiger partial charge in [0.2, 0.25) is 0 Å². The summed E-state index contributed by atoms with van der Waals surface area (Å²) in [4.78, 5) is 3.66. The maximum atomic E-state index is 5.45. The molecule has 3 nitrogen and oxygen atoms in total. The van der Waals surface area contributed by atoms with Gasteiger partial charge in [0.15, 0.2) is 0 Å². The molecule has 0 atom stereocenters. The van der Waals surface area contributed by atoms with Gasteiger partial charge in [-0.3, -0.25) is 0 Å². The molecule has 0 spiro atoms. The summed E-state index contributed by atoms with van der Waals surface area (Å²) in [5.74, 6) is 0.907. The fourth-order valence-corrected chi connectivity index (χ4v) is 8.91. The number of rotatable bonds is 6. The van der Waals surface area contributed by atoms with Gasteiger partial charge >= 0.3 is 203 Å². The van der Waals surface area contributed by atoms with Gasteiger partial charge in [-0.15, -0.1) is 0 Å². The van der Waals surface area contributed by atoms with Gasteiger partial charge in [-0.2, -0.15) is 0 Å². The van der Waals surface area contributed by atoms with Crippen LogP contribution in [0.2, 0.25) is 0 Å². The summed E-state index contributed by atoms with van der Waals surface area (Å²) in [6.45, 7) is 11.2. The van der Waals surface area contributed by atoms with Crippen molar-refractivity contribution in [3.05, 3.63) is 87.5 Å². The van der Waals surface area contributed by atoms with Gasteiger partial charge in [-0.25, -0.2) is 0 Å². The van der Waals surface area contributed by atoms with E-state index in [1.54, 1.807) is 7.11 Å². The zero-order valence-corrected chi connectivity index (χ0v) is 24.4. The Hall–Kier alpha value is -2.46. The van der Waals surface area contributed by atoms with Crippen LogP contribution in [0.5, 0.6) is 5.75 Å². The molecule has 0 N–H and O–H groups in total. The van der Waals surface area contributed by atoms with Crippen LogP contribution in [-0.2, 0) is 6.54 Å². The van der Waals surface area contributed by atoms with Crippen molar-refractivity contribution in [2.45, 2.75) is 52.0 Å². The van der Waals surface area contributed by atoms with E-state index in [4.69, 9.17) is 4.74 Å². The zero-order valence-electron chi connectivity index (χ0n) is 21.9. The van der Waals surface area contributed by atoms with E-state index in [2.05, 4.69) is 104 Å². The molecule has 1 aromatic heterocycles. The van der Waals surface area contributed by atoms with Gasteiger partial charge in [0, 0.05) is 0 Å². The molecule has 0 fully saturated rings. The van der Waals surface area contributed by atoms with Gasteiger partial charge in [0.25, 0.3) is 0 Å². The molecule has 5 heteroatoms. The third-order valence-corrected chi connectivity index (χ3v) is 10.3. The molecule has 36 heavy (non-hydrogen) atoms. The molecule has 0 amide bonds. The fraction of sp³-hybridized carbons (Fsp3) is 0.323. The van der Waals surface area contributed by atoms with Gasteiger partial charge in [-0.05, 0) is 6.07 Å². The molecule has 1 aliphatic carbocycles. The number of benzene rings is 2. The van der Waals surface area contributed by atoms with E-state index in [9.17, 15) is 0 Å². The second kappa shape index (κ2) is 10.5. The number of aryl methyl sites for hydroxylation is 1. The first-order valence-corrected chi connectivity index (χ1v) is 15.3. The molecule has 186 valence electrons. The van der Waals surface area contributed by atoms with E-state index in [0.717, 1.165) is 31.7 Å². The number of methoxy groups -OCH3 is 1. The van der Waals surface area contributed by atoms with E-state index < -0.39 is 0 Å². The minimum absolute atomic E-state index is 0.258. The number of nitrogens with zero attached hydrogens (tertiary/aromatic N) is 2. The van der Waals surface area contributed by atoms with Crippen LogP contribution in [0.3, 0.4) is 0 Å². The Morgan fingerprint density at radius 1 is 1.14 bits per heavy atom. The predicted molar refractivity (Wildman–Crippen MR) is 155 cm³/mol. The Morgan fingerprint density at radius 3 is 2.75 bits per heavy atom. The molecule has 2 aromatic carbocycles. The van der Waals surface area contributed by atoms with Crippen molar-refractivity contribution >= 4 is 47.8 Å². The fourth-order valence-electron chi connectivity index (χ4n) is 5.26. The van der Waals surface area contributed by atoms with Crippen molar-refractivity contribution in [3.8, 4) is 5.75 Å². The molecule has 0 saturated carbocycles. The van der Waals surface area contributed by atoms with Crippen LogP contribution < -0.4 is 14.2 Å². The molecule has 3 aromatic rings. The maximum absolute atomic E-state index is 5.45. The third-order valence-electron chi connectivity index (χ3n) is 6.80. The topological polar surface area (TPSA) is 16.4 Å². The molecule has 0 saturated heterocycles. The van der Waals surface area contributed by atoms with Gasteiger partial charge in [0.05, 0.1) is 7.11 Å². The number of thioether (sulfide) groups is 1. The number of allylic oxidation sites excluding steroid dienone is 6. The van der Waals surface area contributed by atoms with Crippen LogP contribution in [0.25, 0.3) is 15.9 Å². The Labute approximate surface area is 225 Å². The van der Waals surface area contributed by atoms with Crippen LogP contribution in [0.4, 0.5) is 5.69 Å². The third kappa shape index (κ3) is 5.16. The number of ether oxygens (including phenoxy) is 1. The summed E-state index contributed by atoms with van der Waals surface area (Å²) in [6, 6.07) is 15.2. The molecule has 2 aliphatic rings. The summed E-state index contributed by atoms with van der Waals surface area (Å²) in [7, 11) is 1.73. The molecular weight excluding hydrogens is 527 g/mol. The van der Waals surface area contributed by atoms with Crippen LogP contribution in [0.15, 0.2) is 87.8 Å². The van der Waals surface area contributed by atoms with E-state index in [1.165, 1.54) is 41.1 Å². The normalized spacial score (nSPS) is 19.5. The van der Waals surface area contributed by atoms with E-state index in [0.29, 0.717) is 14.5 Å². The second-order valence-corrected chi connectivity index (χ2v) is 13.4. The average Bonchev–Trinajstić information content (AvgIpc) is 3.39. The number of hydrogen-bond donors (Lipinski definition) is 0.